The number of carbonyl (C=O) groups excluding carboxylic acids is 1. The van der Waals surface area contributed by atoms with Crippen LogP contribution in [0, 0.1) is 20.8 Å². The van der Waals surface area contributed by atoms with Gasteiger partial charge in [-0.1, -0.05) is 24.3 Å². The van der Waals surface area contributed by atoms with Gasteiger partial charge in [-0.2, -0.15) is 0 Å². The molecule has 3 aromatic rings. The van der Waals surface area contributed by atoms with Gasteiger partial charge in [-0.15, -0.1) is 0 Å². The Balaban J connectivity index is 1.68. The van der Waals surface area contributed by atoms with E-state index in [0.717, 1.165) is 22.6 Å². The minimum absolute atomic E-state index is 0.159. The summed E-state index contributed by atoms with van der Waals surface area (Å²) in [5.74, 6) is 0.489. The second kappa shape index (κ2) is 8.17. The number of nitrogens with zero attached hydrogens (tertiary/aromatic N) is 2. The lowest BCUT2D eigenvalue weighted by atomic mass is 10.1. The van der Waals surface area contributed by atoms with E-state index in [0.29, 0.717) is 11.4 Å². The number of ether oxygens (including phenoxy) is 1. The Labute approximate surface area is 164 Å². The van der Waals surface area contributed by atoms with Gasteiger partial charge in [0.05, 0.1) is 24.4 Å². The summed E-state index contributed by atoms with van der Waals surface area (Å²) in [7, 11) is 1.79. The Morgan fingerprint density at radius 2 is 1.68 bits per heavy atom. The maximum atomic E-state index is 12.8. The van der Waals surface area contributed by atoms with E-state index in [1.807, 2.05) is 63.2 Å². The Hall–Kier alpha value is -3.28. The maximum absolute atomic E-state index is 12.8. The van der Waals surface area contributed by atoms with Gasteiger partial charge < -0.3 is 10.1 Å². The van der Waals surface area contributed by atoms with Crippen LogP contribution in [0.2, 0.25) is 0 Å². The van der Waals surface area contributed by atoms with Gasteiger partial charge in [-0.05, 0) is 56.2 Å². The van der Waals surface area contributed by atoms with Gasteiger partial charge in [0.1, 0.15) is 11.4 Å². The molecule has 1 aromatic heterocycles. The summed E-state index contributed by atoms with van der Waals surface area (Å²) in [6, 6.07) is 15.3. The van der Waals surface area contributed by atoms with Crippen molar-refractivity contribution < 1.29 is 9.53 Å². The number of benzene rings is 2. The predicted octanol–water partition coefficient (Wildman–Crippen LogP) is 3.51. The van der Waals surface area contributed by atoms with Gasteiger partial charge in [0, 0.05) is 7.05 Å². The molecule has 0 bridgehead atoms. The summed E-state index contributed by atoms with van der Waals surface area (Å²) in [6.45, 7) is 6.06. The third kappa shape index (κ3) is 4.17. The summed E-state index contributed by atoms with van der Waals surface area (Å²) in [6.07, 6.45) is 0.159. The van der Waals surface area contributed by atoms with Gasteiger partial charge in [0.2, 0.25) is 5.91 Å². The van der Waals surface area contributed by atoms with Crippen LogP contribution in [-0.4, -0.2) is 21.9 Å². The largest absolute Gasteiger partial charge is 0.493 e. The number of nitrogens with one attached hydrogen (secondary N) is 1. The fourth-order valence-corrected chi connectivity index (χ4v) is 3.19. The number of hydrogen-bond donors (Lipinski definition) is 1. The number of anilines is 1. The fraction of sp³-hybridized carbons (Fsp3) is 0.273. The molecule has 0 aliphatic rings. The van der Waals surface area contributed by atoms with Crippen molar-refractivity contribution in [2.24, 2.45) is 7.05 Å². The molecule has 0 saturated heterocycles. The molecule has 0 aliphatic carbocycles. The molecule has 0 aliphatic heterocycles. The predicted molar refractivity (Wildman–Crippen MR) is 110 cm³/mol. The molecule has 0 atom stereocenters. The molecule has 0 saturated carbocycles. The van der Waals surface area contributed by atoms with E-state index >= 15 is 0 Å². The van der Waals surface area contributed by atoms with Crippen LogP contribution in [0.3, 0.4) is 0 Å². The molecule has 0 fully saturated rings. The highest BCUT2D eigenvalue weighted by atomic mass is 16.5. The molecule has 0 radical (unpaired) electrons. The van der Waals surface area contributed by atoms with E-state index in [4.69, 9.17) is 4.74 Å². The lowest BCUT2D eigenvalue weighted by Gasteiger charge is -2.08. The second-order valence-electron chi connectivity index (χ2n) is 6.91. The highest BCUT2D eigenvalue weighted by Gasteiger charge is 2.18. The zero-order chi connectivity index (χ0) is 20.3. The normalized spacial score (nSPS) is 10.7. The van der Waals surface area contributed by atoms with Crippen LogP contribution < -0.4 is 15.6 Å². The van der Waals surface area contributed by atoms with Crippen LogP contribution in [0.5, 0.6) is 5.75 Å². The average molecular weight is 379 g/mol. The van der Waals surface area contributed by atoms with E-state index in [1.54, 1.807) is 11.7 Å². The number of carbonyl (C=O) groups is 1. The molecular formula is C22H25N3O3. The van der Waals surface area contributed by atoms with Gasteiger partial charge >= 0.3 is 0 Å². The van der Waals surface area contributed by atoms with Crippen LogP contribution in [0.15, 0.2) is 53.3 Å². The summed E-state index contributed by atoms with van der Waals surface area (Å²) in [5.41, 5.74) is 3.70. The summed E-state index contributed by atoms with van der Waals surface area (Å²) in [5, 5.41) is 2.75. The Kier molecular flexibility index (Phi) is 5.68. The van der Waals surface area contributed by atoms with Crippen molar-refractivity contribution in [2.75, 3.05) is 11.9 Å². The first kappa shape index (κ1) is 19.5. The average Bonchev–Trinajstić information content (AvgIpc) is 2.85. The molecule has 146 valence electrons. The first-order valence-electron chi connectivity index (χ1n) is 9.22. The molecule has 1 heterocycles. The van der Waals surface area contributed by atoms with E-state index < -0.39 is 0 Å². The maximum Gasteiger partial charge on any atom is 0.295 e. The minimum Gasteiger partial charge on any atom is -0.493 e. The smallest absolute Gasteiger partial charge is 0.295 e. The van der Waals surface area contributed by atoms with Crippen LogP contribution >= 0.6 is 0 Å². The van der Waals surface area contributed by atoms with E-state index in [9.17, 15) is 9.59 Å². The van der Waals surface area contributed by atoms with Gasteiger partial charge in [0.15, 0.2) is 0 Å². The van der Waals surface area contributed by atoms with Crippen molar-refractivity contribution in [2.45, 2.75) is 27.2 Å². The molecule has 6 nitrogen and oxygen atoms in total. The number of rotatable bonds is 6. The summed E-state index contributed by atoms with van der Waals surface area (Å²) >= 11 is 0. The zero-order valence-electron chi connectivity index (χ0n) is 16.7. The van der Waals surface area contributed by atoms with Gasteiger partial charge in [0.25, 0.3) is 5.56 Å². The quantitative estimate of drug-likeness (QED) is 0.713. The lowest BCUT2D eigenvalue weighted by Crippen LogP contribution is -2.23. The number of aryl methyl sites for hydroxylation is 2. The Morgan fingerprint density at radius 3 is 2.32 bits per heavy atom. The van der Waals surface area contributed by atoms with Crippen molar-refractivity contribution >= 4 is 11.6 Å². The van der Waals surface area contributed by atoms with Crippen LogP contribution in [0.4, 0.5) is 5.69 Å². The van der Waals surface area contributed by atoms with Gasteiger partial charge in [-0.3, -0.25) is 14.3 Å². The minimum atomic E-state index is -0.255. The highest BCUT2D eigenvalue weighted by Crippen LogP contribution is 2.17. The molecule has 1 N–H and O–H groups in total. The number of aromatic nitrogens is 2. The number of para-hydroxylation sites is 1. The molecule has 0 spiro atoms. The van der Waals surface area contributed by atoms with Crippen LogP contribution in [-0.2, 0) is 11.8 Å². The molecule has 28 heavy (non-hydrogen) atoms. The number of amides is 1. The molecule has 3 rings (SSSR count). The van der Waals surface area contributed by atoms with E-state index in [1.165, 1.54) is 4.68 Å². The zero-order valence-corrected chi connectivity index (χ0v) is 16.7. The first-order chi connectivity index (χ1) is 13.4. The first-order valence-corrected chi connectivity index (χ1v) is 9.22. The van der Waals surface area contributed by atoms with Crippen molar-refractivity contribution in [1.29, 1.82) is 0 Å². The monoisotopic (exact) mass is 379 g/mol. The molecule has 6 heteroatoms. The van der Waals surface area contributed by atoms with Crippen molar-refractivity contribution in [3.05, 3.63) is 75.7 Å². The molecule has 1 amide bonds. The SMILES string of the molecule is Cc1cc(C)cc(OCCC(=O)Nc2c(C)n(C)n(-c3ccccc3)c2=O)c1. The van der Waals surface area contributed by atoms with Crippen LogP contribution in [0.1, 0.15) is 23.2 Å². The molecular weight excluding hydrogens is 354 g/mol. The second-order valence-corrected chi connectivity index (χ2v) is 6.91. The van der Waals surface area contributed by atoms with E-state index in [2.05, 4.69) is 11.4 Å². The van der Waals surface area contributed by atoms with Crippen molar-refractivity contribution in [1.82, 2.24) is 9.36 Å². The third-order valence-corrected chi connectivity index (χ3v) is 4.61. The standard InChI is InChI=1S/C22H25N3O3/c1-15-12-16(2)14-19(13-15)28-11-10-20(26)23-21-17(3)24(4)25(22(21)27)18-8-6-5-7-9-18/h5-9,12-14H,10-11H2,1-4H3,(H,23,26). The van der Waals surface area contributed by atoms with Crippen LogP contribution in [0.25, 0.3) is 5.69 Å². The topological polar surface area (TPSA) is 65.3 Å². The molecule has 0 unspecified atom stereocenters. The van der Waals surface area contributed by atoms with Crippen molar-refractivity contribution in [3.63, 3.8) is 0 Å². The lowest BCUT2D eigenvalue weighted by molar-refractivity contribution is -0.116. The van der Waals surface area contributed by atoms with Gasteiger partial charge in [-0.25, -0.2) is 4.68 Å². The van der Waals surface area contributed by atoms with Crippen molar-refractivity contribution in [3.8, 4) is 11.4 Å². The summed E-state index contributed by atoms with van der Waals surface area (Å²) in [4.78, 5) is 25.2. The fourth-order valence-electron chi connectivity index (χ4n) is 3.19. The molecule has 2 aromatic carbocycles. The Bertz CT molecular complexity index is 1030. The van der Waals surface area contributed by atoms with E-state index in [-0.39, 0.29) is 24.5 Å². The summed E-state index contributed by atoms with van der Waals surface area (Å²) < 4.78 is 8.96. The third-order valence-electron chi connectivity index (χ3n) is 4.61. The highest BCUT2D eigenvalue weighted by molar-refractivity contribution is 5.91. The number of hydrogen-bond acceptors (Lipinski definition) is 3. The Morgan fingerprint density at radius 1 is 1.04 bits per heavy atom.